The minimum atomic E-state index is -4.39. The fourth-order valence-corrected chi connectivity index (χ4v) is 2.37. The maximum Gasteiger partial charge on any atom is 0.416 e. The monoisotopic (exact) mass is 375 g/mol. The zero-order chi connectivity index (χ0) is 19.4. The van der Waals surface area contributed by atoms with Gasteiger partial charge in [0.2, 0.25) is 5.95 Å². The van der Waals surface area contributed by atoms with Gasteiger partial charge in [-0.3, -0.25) is 4.90 Å². The van der Waals surface area contributed by atoms with Gasteiger partial charge in [-0.25, -0.2) is 9.78 Å². The van der Waals surface area contributed by atoms with Crippen LogP contribution < -0.4 is 4.90 Å². The fraction of sp³-hybridized carbons (Fsp3) is 0.158. The van der Waals surface area contributed by atoms with E-state index in [-0.39, 0.29) is 12.6 Å². The SMILES string of the molecule is CN(C(=O)OCc1ccccc1)c1ncc(-c2ccc(C(F)(F)F)cc2)[nH]1. The predicted octanol–water partition coefficient (Wildman–Crippen LogP) is 4.87. The van der Waals surface area contributed by atoms with Crippen molar-refractivity contribution >= 4 is 12.0 Å². The van der Waals surface area contributed by atoms with E-state index in [4.69, 9.17) is 4.74 Å². The normalized spacial score (nSPS) is 11.3. The lowest BCUT2D eigenvalue weighted by Gasteiger charge is -2.14. The van der Waals surface area contributed by atoms with Crippen LogP contribution in [0.5, 0.6) is 0 Å². The molecule has 0 aliphatic rings. The Morgan fingerprint density at radius 3 is 2.41 bits per heavy atom. The molecule has 0 radical (unpaired) electrons. The number of carbonyl (C=O) groups is 1. The first-order valence-electron chi connectivity index (χ1n) is 8.01. The highest BCUT2D eigenvalue weighted by molar-refractivity contribution is 5.85. The molecule has 3 rings (SSSR count). The molecule has 3 aromatic rings. The van der Waals surface area contributed by atoms with Gasteiger partial charge in [0, 0.05) is 7.05 Å². The van der Waals surface area contributed by atoms with Crippen LogP contribution in [0, 0.1) is 0 Å². The number of alkyl halides is 3. The van der Waals surface area contributed by atoms with Gasteiger partial charge >= 0.3 is 12.3 Å². The number of hydrogen-bond donors (Lipinski definition) is 1. The van der Waals surface area contributed by atoms with Crippen molar-refractivity contribution in [2.45, 2.75) is 12.8 Å². The molecule has 0 unspecified atom stereocenters. The molecule has 1 N–H and O–H groups in total. The number of rotatable bonds is 4. The third kappa shape index (κ3) is 4.46. The lowest BCUT2D eigenvalue weighted by molar-refractivity contribution is -0.137. The summed E-state index contributed by atoms with van der Waals surface area (Å²) >= 11 is 0. The number of ether oxygens (including phenoxy) is 1. The quantitative estimate of drug-likeness (QED) is 0.708. The molecule has 2 aromatic carbocycles. The first kappa shape index (κ1) is 18.5. The number of H-pyrrole nitrogens is 1. The van der Waals surface area contributed by atoms with Gasteiger partial charge in [0.05, 0.1) is 17.5 Å². The van der Waals surface area contributed by atoms with E-state index in [1.54, 1.807) is 0 Å². The van der Waals surface area contributed by atoms with Crippen LogP contribution in [0.3, 0.4) is 0 Å². The molecule has 8 heteroatoms. The number of imidazole rings is 1. The van der Waals surface area contributed by atoms with E-state index in [0.29, 0.717) is 11.3 Å². The number of nitrogens with one attached hydrogen (secondary N) is 1. The van der Waals surface area contributed by atoms with Crippen molar-refractivity contribution in [3.05, 3.63) is 71.9 Å². The maximum absolute atomic E-state index is 12.6. The maximum atomic E-state index is 12.6. The topological polar surface area (TPSA) is 58.2 Å². The first-order valence-corrected chi connectivity index (χ1v) is 8.01. The van der Waals surface area contributed by atoms with Crippen molar-refractivity contribution < 1.29 is 22.7 Å². The van der Waals surface area contributed by atoms with Crippen LogP contribution in [0.1, 0.15) is 11.1 Å². The number of amides is 1. The van der Waals surface area contributed by atoms with Crippen LogP contribution in [-0.4, -0.2) is 23.1 Å². The summed E-state index contributed by atoms with van der Waals surface area (Å²) in [5.74, 6) is 0.225. The Labute approximate surface area is 153 Å². The van der Waals surface area contributed by atoms with Crippen LogP contribution in [0.4, 0.5) is 23.9 Å². The lowest BCUT2D eigenvalue weighted by Crippen LogP contribution is -2.27. The Morgan fingerprint density at radius 1 is 1.11 bits per heavy atom. The number of aromatic nitrogens is 2. The second kappa shape index (κ2) is 7.53. The minimum absolute atomic E-state index is 0.122. The van der Waals surface area contributed by atoms with Crippen molar-refractivity contribution in [3.8, 4) is 11.3 Å². The average Bonchev–Trinajstić information content (AvgIpc) is 3.16. The largest absolute Gasteiger partial charge is 0.444 e. The van der Waals surface area contributed by atoms with Crippen LogP contribution in [-0.2, 0) is 17.5 Å². The van der Waals surface area contributed by atoms with E-state index < -0.39 is 17.8 Å². The van der Waals surface area contributed by atoms with Gasteiger partial charge in [0.1, 0.15) is 6.61 Å². The molecule has 0 saturated carbocycles. The van der Waals surface area contributed by atoms with E-state index in [1.165, 1.54) is 30.3 Å². The van der Waals surface area contributed by atoms with Gasteiger partial charge in [-0.15, -0.1) is 0 Å². The number of hydrogen-bond acceptors (Lipinski definition) is 3. The number of aromatic amines is 1. The van der Waals surface area contributed by atoms with E-state index >= 15 is 0 Å². The number of halogens is 3. The highest BCUT2D eigenvalue weighted by atomic mass is 19.4. The van der Waals surface area contributed by atoms with Gasteiger partial charge in [0.15, 0.2) is 0 Å². The Balaban J connectivity index is 1.66. The average molecular weight is 375 g/mol. The third-order valence-corrected chi connectivity index (χ3v) is 3.88. The Hall–Kier alpha value is -3.29. The van der Waals surface area contributed by atoms with Gasteiger partial charge in [-0.05, 0) is 23.3 Å². The van der Waals surface area contributed by atoms with Crippen molar-refractivity contribution in [2.24, 2.45) is 0 Å². The predicted molar refractivity (Wildman–Crippen MR) is 94.1 cm³/mol. The molecule has 0 bridgehead atoms. The summed E-state index contributed by atoms with van der Waals surface area (Å²) in [6.45, 7) is 0.122. The Morgan fingerprint density at radius 2 is 1.78 bits per heavy atom. The second-order valence-corrected chi connectivity index (χ2v) is 5.79. The lowest BCUT2D eigenvalue weighted by atomic mass is 10.1. The molecular formula is C19H16F3N3O2. The van der Waals surface area contributed by atoms with E-state index in [9.17, 15) is 18.0 Å². The van der Waals surface area contributed by atoms with E-state index in [2.05, 4.69) is 9.97 Å². The number of benzene rings is 2. The molecule has 0 aliphatic heterocycles. The van der Waals surface area contributed by atoms with Gasteiger partial charge in [-0.2, -0.15) is 13.2 Å². The molecule has 140 valence electrons. The summed E-state index contributed by atoms with van der Waals surface area (Å²) in [5, 5.41) is 0. The Kier molecular flexibility index (Phi) is 5.16. The van der Waals surface area contributed by atoms with Crippen LogP contribution in [0.2, 0.25) is 0 Å². The van der Waals surface area contributed by atoms with Gasteiger partial charge < -0.3 is 9.72 Å². The molecule has 1 amide bonds. The zero-order valence-corrected chi connectivity index (χ0v) is 14.3. The molecule has 0 fully saturated rings. The molecular weight excluding hydrogens is 359 g/mol. The summed E-state index contributed by atoms with van der Waals surface area (Å²) in [6, 6.07) is 13.9. The highest BCUT2D eigenvalue weighted by Crippen LogP contribution is 2.30. The first-order chi connectivity index (χ1) is 12.8. The summed E-state index contributed by atoms with van der Waals surface area (Å²) in [6.07, 6.45) is -3.55. The molecule has 0 saturated heterocycles. The minimum Gasteiger partial charge on any atom is -0.444 e. The number of carbonyl (C=O) groups excluding carboxylic acids is 1. The van der Waals surface area contributed by atoms with Crippen molar-refractivity contribution in [2.75, 3.05) is 11.9 Å². The number of anilines is 1. The van der Waals surface area contributed by atoms with Crippen molar-refractivity contribution in [1.82, 2.24) is 9.97 Å². The zero-order valence-electron chi connectivity index (χ0n) is 14.3. The fourth-order valence-electron chi connectivity index (χ4n) is 2.37. The molecule has 1 heterocycles. The standard InChI is InChI=1S/C19H16F3N3O2/c1-25(18(26)27-12-13-5-3-2-4-6-13)17-23-11-16(24-17)14-7-9-15(10-8-14)19(20,21)22/h2-11H,12H2,1H3,(H,23,24). The Bertz CT molecular complexity index is 906. The van der Waals surface area contributed by atoms with Gasteiger partial charge in [0.25, 0.3) is 0 Å². The van der Waals surface area contributed by atoms with E-state index in [1.807, 2.05) is 30.3 Å². The third-order valence-electron chi connectivity index (χ3n) is 3.88. The molecule has 0 aliphatic carbocycles. The number of nitrogens with zero attached hydrogens (tertiary/aromatic N) is 2. The molecule has 1 aromatic heterocycles. The van der Waals surface area contributed by atoms with Crippen molar-refractivity contribution in [3.63, 3.8) is 0 Å². The summed E-state index contributed by atoms with van der Waals surface area (Å²) in [5.41, 5.74) is 1.13. The molecule has 0 atom stereocenters. The van der Waals surface area contributed by atoms with Crippen LogP contribution in [0.15, 0.2) is 60.8 Å². The van der Waals surface area contributed by atoms with Gasteiger partial charge in [-0.1, -0.05) is 42.5 Å². The summed E-state index contributed by atoms with van der Waals surface area (Å²) in [7, 11) is 1.49. The highest BCUT2D eigenvalue weighted by Gasteiger charge is 2.30. The molecule has 27 heavy (non-hydrogen) atoms. The van der Waals surface area contributed by atoms with E-state index in [0.717, 1.165) is 17.7 Å². The van der Waals surface area contributed by atoms with Crippen molar-refractivity contribution in [1.29, 1.82) is 0 Å². The van der Waals surface area contributed by atoms with Crippen LogP contribution in [0.25, 0.3) is 11.3 Å². The summed E-state index contributed by atoms with van der Waals surface area (Å²) in [4.78, 5) is 20.3. The molecule has 0 spiro atoms. The summed E-state index contributed by atoms with van der Waals surface area (Å²) < 4.78 is 43.1. The molecule has 5 nitrogen and oxygen atoms in total. The van der Waals surface area contributed by atoms with Crippen LogP contribution >= 0.6 is 0 Å². The smallest absolute Gasteiger partial charge is 0.416 e. The second-order valence-electron chi connectivity index (χ2n) is 5.79.